The first-order valence-electron chi connectivity index (χ1n) is 6.73. The Bertz CT molecular complexity index is 255. The Morgan fingerprint density at radius 1 is 0.947 bits per heavy atom. The number of carboxylic acid groups (broad SMARTS) is 1. The van der Waals surface area contributed by atoms with Crippen LogP contribution in [-0.2, 0) is 9.36 Å². The fraction of sp³-hybridized carbons (Fsp3) is 0.917. The van der Waals surface area contributed by atoms with E-state index in [1.807, 2.05) is 0 Å². The van der Waals surface area contributed by atoms with Gasteiger partial charge in [-0.2, -0.15) is 0 Å². The zero-order chi connectivity index (χ0) is 15.3. The van der Waals surface area contributed by atoms with E-state index in [0.29, 0.717) is 0 Å². The second-order valence-corrected chi connectivity index (χ2v) is 5.57. The highest BCUT2D eigenvalue weighted by atomic mass is 31.2. The van der Waals surface area contributed by atoms with Crippen molar-refractivity contribution in [3.63, 3.8) is 0 Å². The van der Waals surface area contributed by atoms with Gasteiger partial charge in [-0.1, -0.05) is 52.4 Å². The van der Waals surface area contributed by atoms with Gasteiger partial charge in [-0.05, 0) is 12.8 Å². The molecule has 7 heteroatoms. The minimum atomic E-state index is -4.64. The van der Waals surface area contributed by atoms with Gasteiger partial charge in [0.25, 0.3) is 0 Å². The van der Waals surface area contributed by atoms with Gasteiger partial charge in [0, 0.05) is 0 Å². The number of carbonyl (C=O) groups is 1. The lowest BCUT2D eigenvalue weighted by molar-refractivity contribution is -0.142. The normalized spacial score (nSPS) is 12.5. The zero-order valence-corrected chi connectivity index (χ0v) is 12.7. The van der Waals surface area contributed by atoms with Gasteiger partial charge in [-0.15, -0.1) is 0 Å². The molecule has 0 aromatic heterocycles. The van der Waals surface area contributed by atoms with Crippen LogP contribution in [0.2, 0.25) is 0 Å². The quantitative estimate of drug-likeness (QED) is 0.384. The third-order valence-corrected chi connectivity index (χ3v) is 2.66. The highest BCUT2D eigenvalue weighted by Gasteiger charge is 2.15. The van der Waals surface area contributed by atoms with Crippen molar-refractivity contribution in [3.8, 4) is 0 Å². The number of carboxylic acids is 1. The van der Waals surface area contributed by atoms with Gasteiger partial charge in [-0.3, -0.25) is 4.79 Å². The van der Waals surface area contributed by atoms with Crippen LogP contribution < -0.4 is 0 Å². The van der Waals surface area contributed by atoms with Crippen molar-refractivity contribution in [1.29, 1.82) is 0 Å². The fourth-order valence-electron chi connectivity index (χ4n) is 1.66. The molecule has 0 heterocycles. The van der Waals surface area contributed by atoms with E-state index in [1.54, 1.807) is 0 Å². The van der Waals surface area contributed by atoms with Gasteiger partial charge in [0.05, 0.1) is 5.92 Å². The van der Waals surface area contributed by atoms with Crippen molar-refractivity contribution in [2.45, 2.75) is 65.2 Å². The lowest BCUT2D eigenvalue weighted by Crippen LogP contribution is -2.13. The monoisotopic (exact) mass is 298 g/mol. The van der Waals surface area contributed by atoms with E-state index < -0.39 is 13.8 Å². The molecule has 0 aromatic rings. The van der Waals surface area contributed by atoms with Gasteiger partial charge < -0.3 is 19.8 Å². The third-order valence-electron chi connectivity index (χ3n) is 2.66. The average molecular weight is 298 g/mol. The number of hydrogen-bond acceptors (Lipinski definition) is 2. The molecule has 1 atom stereocenters. The van der Waals surface area contributed by atoms with Crippen LogP contribution in [0, 0.1) is 5.92 Å². The maximum Gasteiger partial charge on any atom is 0.466 e. The van der Waals surface area contributed by atoms with E-state index in [1.165, 1.54) is 19.3 Å². The lowest BCUT2D eigenvalue weighted by atomic mass is 9.95. The van der Waals surface area contributed by atoms with Crippen molar-refractivity contribution in [2.75, 3.05) is 0 Å². The Balaban J connectivity index is 0. The predicted octanol–water partition coefficient (Wildman–Crippen LogP) is 2.92. The van der Waals surface area contributed by atoms with Crippen molar-refractivity contribution in [2.24, 2.45) is 5.92 Å². The van der Waals surface area contributed by atoms with Crippen molar-refractivity contribution in [3.05, 3.63) is 0 Å². The van der Waals surface area contributed by atoms with Crippen molar-refractivity contribution >= 4 is 13.8 Å². The molecule has 0 saturated carbocycles. The largest absolute Gasteiger partial charge is 0.481 e. The fourth-order valence-corrected chi connectivity index (χ4v) is 1.66. The Morgan fingerprint density at radius 2 is 1.37 bits per heavy atom. The Kier molecular flexibility index (Phi) is 13.9. The summed E-state index contributed by atoms with van der Waals surface area (Å²) in [5.41, 5.74) is 0. The van der Waals surface area contributed by atoms with Crippen LogP contribution in [0.1, 0.15) is 65.2 Å². The molecule has 0 aromatic carbocycles. The van der Waals surface area contributed by atoms with E-state index in [-0.39, 0.29) is 5.92 Å². The van der Waals surface area contributed by atoms with Gasteiger partial charge in [0.15, 0.2) is 0 Å². The first-order valence-corrected chi connectivity index (χ1v) is 8.29. The van der Waals surface area contributed by atoms with Crippen LogP contribution in [0.4, 0.5) is 0 Å². The van der Waals surface area contributed by atoms with Crippen LogP contribution >= 0.6 is 7.82 Å². The first kappa shape index (κ1) is 20.9. The summed E-state index contributed by atoms with van der Waals surface area (Å²) >= 11 is 0. The minimum absolute atomic E-state index is 0.0909. The van der Waals surface area contributed by atoms with E-state index in [4.69, 9.17) is 24.4 Å². The second-order valence-electron chi connectivity index (χ2n) is 4.54. The molecule has 0 spiro atoms. The van der Waals surface area contributed by atoms with Crippen molar-refractivity contribution < 1.29 is 29.1 Å². The Hall–Kier alpha value is -0.420. The molecule has 0 aliphatic carbocycles. The summed E-state index contributed by atoms with van der Waals surface area (Å²) in [5.74, 6) is -0.693. The van der Waals surface area contributed by atoms with Crippen molar-refractivity contribution in [1.82, 2.24) is 0 Å². The predicted molar refractivity (Wildman–Crippen MR) is 73.7 cm³/mol. The number of hydrogen-bond donors (Lipinski definition) is 4. The minimum Gasteiger partial charge on any atom is -0.481 e. The molecule has 19 heavy (non-hydrogen) atoms. The maximum absolute atomic E-state index is 10.9. The molecule has 0 aliphatic heterocycles. The second kappa shape index (κ2) is 12.6. The molecule has 4 N–H and O–H groups in total. The van der Waals surface area contributed by atoms with Gasteiger partial charge in [-0.25, -0.2) is 4.57 Å². The molecular formula is C12H27O6P. The molecule has 1 unspecified atom stereocenters. The van der Waals surface area contributed by atoms with Crippen LogP contribution in [0.3, 0.4) is 0 Å². The molecule has 0 amide bonds. The van der Waals surface area contributed by atoms with Gasteiger partial charge >= 0.3 is 13.8 Å². The summed E-state index contributed by atoms with van der Waals surface area (Å²) in [4.78, 5) is 32.4. The molecule has 0 bridgehead atoms. The topological polar surface area (TPSA) is 115 Å². The highest BCUT2D eigenvalue weighted by Crippen LogP contribution is 2.25. The Morgan fingerprint density at radius 3 is 1.74 bits per heavy atom. The SMILES string of the molecule is CCCCCCC(CCCC)C(=O)O.O=P(O)(O)O. The van der Waals surface area contributed by atoms with E-state index in [9.17, 15) is 4.79 Å². The van der Waals surface area contributed by atoms with Crippen LogP contribution in [0.5, 0.6) is 0 Å². The summed E-state index contributed by atoms with van der Waals surface area (Å²) in [7, 11) is -4.64. The summed E-state index contributed by atoms with van der Waals surface area (Å²) < 4.78 is 8.88. The number of phosphoric acid groups is 1. The molecule has 0 fully saturated rings. The molecule has 116 valence electrons. The average Bonchev–Trinajstić information content (AvgIpc) is 2.25. The molecule has 0 radical (unpaired) electrons. The molecular weight excluding hydrogens is 271 g/mol. The van der Waals surface area contributed by atoms with Gasteiger partial charge in [0.1, 0.15) is 0 Å². The van der Waals surface area contributed by atoms with Crippen LogP contribution in [-0.4, -0.2) is 25.8 Å². The first-order chi connectivity index (χ1) is 8.72. The summed E-state index contributed by atoms with van der Waals surface area (Å²) in [5, 5.41) is 8.96. The highest BCUT2D eigenvalue weighted by molar-refractivity contribution is 7.45. The molecule has 6 nitrogen and oxygen atoms in total. The third kappa shape index (κ3) is 23.1. The van der Waals surface area contributed by atoms with E-state index >= 15 is 0 Å². The van der Waals surface area contributed by atoms with E-state index in [0.717, 1.165) is 32.1 Å². The Labute approximate surface area is 115 Å². The zero-order valence-electron chi connectivity index (χ0n) is 11.8. The summed E-state index contributed by atoms with van der Waals surface area (Å²) in [6.07, 6.45) is 8.59. The molecule has 0 aliphatic rings. The van der Waals surface area contributed by atoms with E-state index in [2.05, 4.69) is 13.8 Å². The van der Waals surface area contributed by atoms with Gasteiger partial charge in [0.2, 0.25) is 0 Å². The number of rotatable bonds is 9. The lowest BCUT2D eigenvalue weighted by Gasteiger charge is -2.10. The number of unbranched alkanes of at least 4 members (excludes halogenated alkanes) is 4. The van der Waals surface area contributed by atoms with Crippen LogP contribution in [0.25, 0.3) is 0 Å². The maximum atomic E-state index is 10.9. The molecule has 0 saturated heterocycles. The van der Waals surface area contributed by atoms with Crippen LogP contribution in [0.15, 0.2) is 0 Å². The summed E-state index contributed by atoms with van der Waals surface area (Å²) in [6.45, 7) is 4.28. The standard InChI is InChI=1S/C12H24O2.H3O4P/c1-3-5-7-8-10-11(12(13)14)9-6-4-2;1-5(2,3)4/h11H,3-10H2,1-2H3,(H,13,14);(H3,1,2,3,4). The summed E-state index contributed by atoms with van der Waals surface area (Å²) in [6, 6.07) is 0. The number of aliphatic carboxylic acids is 1. The molecule has 0 rings (SSSR count). The smallest absolute Gasteiger partial charge is 0.466 e.